The van der Waals surface area contributed by atoms with Crippen molar-refractivity contribution in [2.45, 2.75) is 45.6 Å². The Balaban J connectivity index is 2.31. The average Bonchev–Trinajstić information content (AvgIpc) is 2.26. The van der Waals surface area contributed by atoms with Gasteiger partial charge in [0.15, 0.2) is 0 Å². The average molecular weight is 249 g/mol. The molecule has 2 rings (SSSR count). The zero-order valence-corrected chi connectivity index (χ0v) is 11.7. The highest BCUT2D eigenvalue weighted by atomic mass is 16.5. The molecule has 0 amide bonds. The lowest BCUT2D eigenvalue weighted by Crippen LogP contribution is -2.31. The van der Waals surface area contributed by atoms with E-state index in [2.05, 4.69) is 25.8 Å². The van der Waals surface area contributed by atoms with Crippen LogP contribution < -0.4 is 5.73 Å². The van der Waals surface area contributed by atoms with Gasteiger partial charge in [-0.15, -0.1) is 0 Å². The molecule has 2 atom stereocenters. The van der Waals surface area contributed by atoms with Gasteiger partial charge in [-0.05, 0) is 18.3 Å². The Kier molecular flexibility index (Phi) is 3.69. The molecule has 1 aliphatic rings. The lowest BCUT2D eigenvalue weighted by Gasteiger charge is -2.34. The van der Waals surface area contributed by atoms with Gasteiger partial charge in [-0.1, -0.05) is 20.8 Å². The molecule has 0 radical (unpaired) electrons. The van der Waals surface area contributed by atoms with Crippen LogP contribution in [0.15, 0.2) is 6.20 Å². The van der Waals surface area contributed by atoms with Gasteiger partial charge in [-0.2, -0.15) is 0 Å². The highest BCUT2D eigenvalue weighted by Gasteiger charge is 2.32. The van der Waals surface area contributed by atoms with Crippen LogP contribution in [0.2, 0.25) is 0 Å². The molecule has 0 saturated carbocycles. The largest absolute Gasteiger partial charge is 0.384 e. The van der Waals surface area contributed by atoms with Crippen molar-refractivity contribution in [2.75, 3.05) is 13.7 Å². The molecule has 0 fully saturated rings. The Morgan fingerprint density at radius 1 is 1.56 bits per heavy atom. The van der Waals surface area contributed by atoms with Crippen LogP contribution in [-0.2, 0) is 11.2 Å². The second-order valence-corrected chi connectivity index (χ2v) is 6.14. The van der Waals surface area contributed by atoms with Crippen LogP contribution in [0.1, 0.15) is 56.2 Å². The SMILES string of the molecule is COCC(C)c1ncc2c(n1)CC(C)(C)CC2N. The van der Waals surface area contributed by atoms with Crippen molar-refractivity contribution in [2.24, 2.45) is 11.1 Å². The van der Waals surface area contributed by atoms with Gasteiger partial charge < -0.3 is 10.5 Å². The third kappa shape index (κ3) is 2.70. The molecule has 2 unspecified atom stereocenters. The van der Waals surface area contributed by atoms with Crippen LogP contribution in [0.25, 0.3) is 0 Å². The van der Waals surface area contributed by atoms with E-state index < -0.39 is 0 Å². The van der Waals surface area contributed by atoms with E-state index in [0.29, 0.717) is 6.61 Å². The van der Waals surface area contributed by atoms with Gasteiger partial charge in [0.1, 0.15) is 5.82 Å². The summed E-state index contributed by atoms with van der Waals surface area (Å²) in [6.45, 7) is 7.22. The highest BCUT2D eigenvalue weighted by Crippen LogP contribution is 2.38. The van der Waals surface area contributed by atoms with Crippen molar-refractivity contribution in [1.29, 1.82) is 0 Å². The van der Waals surface area contributed by atoms with Crippen molar-refractivity contribution < 1.29 is 4.74 Å². The molecule has 0 aromatic carbocycles. The van der Waals surface area contributed by atoms with E-state index in [-0.39, 0.29) is 17.4 Å². The summed E-state index contributed by atoms with van der Waals surface area (Å²) in [4.78, 5) is 9.14. The number of ether oxygens (including phenoxy) is 1. The first-order chi connectivity index (χ1) is 8.43. The predicted octanol–water partition coefficient (Wildman–Crippen LogP) is 2.20. The van der Waals surface area contributed by atoms with Crippen LogP contribution in [0.3, 0.4) is 0 Å². The molecule has 0 aliphatic heterocycles. The highest BCUT2D eigenvalue weighted by molar-refractivity contribution is 5.26. The maximum Gasteiger partial charge on any atom is 0.133 e. The quantitative estimate of drug-likeness (QED) is 0.892. The van der Waals surface area contributed by atoms with Crippen LogP contribution in [0.5, 0.6) is 0 Å². The summed E-state index contributed by atoms with van der Waals surface area (Å²) in [7, 11) is 1.70. The summed E-state index contributed by atoms with van der Waals surface area (Å²) in [5, 5.41) is 0. The standard InChI is InChI=1S/C14H23N3O/c1-9(8-18-4)13-16-7-10-11(15)5-14(2,3)6-12(10)17-13/h7,9,11H,5-6,8,15H2,1-4H3. The zero-order valence-electron chi connectivity index (χ0n) is 11.7. The Labute approximate surface area is 109 Å². The number of nitrogens with zero attached hydrogens (tertiary/aromatic N) is 2. The maximum atomic E-state index is 6.20. The summed E-state index contributed by atoms with van der Waals surface area (Å²) in [6, 6.07) is 0.0653. The Hall–Kier alpha value is -1.00. The summed E-state index contributed by atoms with van der Waals surface area (Å²) < 4.78 is 5.16. The van der Waals surface area contributed by atoms with Gasteiger partial charge in [0, 0.05) is 36.5 Å². The first kappa shape index (κ1) is 13.4. The fourth-order valence-corrected chi connectivity index (χ4v) is 2.69. The Morgan fingerprint density at radius 3 is 2.94 bits per heavy atom. The minimum Gasteiger partial charge on any atom is -0.384 e. The van der Waals surface area contributed by atoms with Crippen molar-refractivity contribution in [3.63, 3.8) is 0 Å². The number of hydrogen-bond acceptors (Lipinski definition) is 4. The van der Waals surface area contributed by atoms with E-state index in [9.17, 15) is 0 Å². The molecular weight excluding hydrogens is 226 g/mol. The van der Waals surface area contributed by atoms with Crippen LogP contribution in [-0.4, -0.2) is 23.7 Å². The minimum absolute atomic E-state index is 0.0653. The van der Waals surface area contributed by atoms with Crippen LogP contribution in [0.4, 0.5) is 0 Å². The smallest absolute Gasteiger partial charge is 0.133 e. The second kappa shape index (κ2) is 4.94. The van der Waals surface area contributed by atoms with Gasteiger partial charge in [0.2, 0.25) is 0 Å². The Bertz CT molecular complexity index is 431. The lowest BCUT2D eigenvalue weighted by molar-refractivity contribution is 0.181. The van der Waals surface area contributed by atoms with Gasteiger partial charge in [-0.25, -0.2) is 9.97 Å². The topological polar surface area (TPSA) is 61.0 Å². The van der Waals surface area contributed by atoms with Crippen molar-refractivity contribution >= 4 is 0 Å². The molecule has 4 heteroatoms. The van der Waals surface area contributed by atoms with Crippen molar-refractivity contribution in [1.82, 2.24) is 9.97 Å². The first-order valence-electron chi connectivity index (χ1n) is 6.53. The number of aromatic nitrogens is 2. The van der Waals surface area contributed by atoms with Crippen LogP contribution in [0, 0.1) is 5.41 Å². The van der Waals surface area contributed by atoms with Gasteiger partial charge in [-0.3, -0.25) is 0 Å². The van der Waals surface area contributed by atoms with Crippen LogP contribution >= 0.6 is 0 Å². The van der Waals surface area contributed by atoms with E-state index in [0.717, 1.165) is 29.9 Å². The number of nitrogens with two attached hydrogens (primary N) is 1. The van der Waals surface area contributed by atoms with E-state index in [4.69, 9.17) is 15.5 Å². The molecule has 0 bridgehead atoms. The molecule has 0 spiro atoms. The van der Waals surface area contributed by atoms with E-state index in [1.54, 1.807) is 7.11 Å². The minimum atomic E-state index is 0.0653. The van der Waals surface area contributed by atoms with E-state index >= 15 is 0 Å². The number of hydrogen-bond donors (Lipinski definition) is 1. The number of methoxy groups -OCH3 is 1. The molecule has 18 heavy (non-hydrogen) atoms. The molecule has 1 aromatic rings. The molecule has 0 saturated heterocycles. The molecule has 100 valence electrons. The maximum absolute atomic E-state index is 6.20. The molecule has 4 nitrogen and oxygen atoms in total. The van der Waals surface area contributed by atoms with Gasteiger partial charge in [0.05, 0.1) is 6.61 Å². The fourth-order valence-electron chi connectivity index (χ4n) is 2.69. The second-order valence-electron chi connectivity index (χ2n) is 6.14. The van der Waals surface area contributed by atoms with Crippen molar-refractivity contribution in [3.05, 3.63) is 23.3 Å². The predicted molar refractivity (Wildman–Crippen MR) is 71.4 cm³/mol. The summed E-state index contributed by atoms with van der Waals surface area (Å²) in [6.07, 6.45) is 3.88. The molecule has 1 aromatic heterocycles. The molecular formula is C14H23N3O. The normalized spacial score (nSPS) is 23.5. The summed E-state index contributed by atoms with van der Waals surface area (Å²) in [5.41, 5.74) is 8.66. The number of fused-ring (bicyclic) bond motifs is 1. The first-order valence-corrected chi connectivity index (χ1v) is 6.53. The molecule has 2 N–H and O–H groups in total. The Morgan fingerprint density at radius 2 is 2.28 bits per heavy atom. The zero-order chi connectivity index (χ0) is 13.3. The van der Waals surface area contributed by atoms with Gasteiger partial charge >= 0.3 is 0 Å². The third-order valence-corrected chi connectivity index (χ3v) is 3.59. The monoisotopic (exact) mass is 249 g/mol. The van der Waals surface area contributed by atoms with Gasteiger partial charge in [0.25, 0.3) is 0 Å². The van der Waals surface area contributed by atoms with Crippen molar-refractivity contribution in [3.8, 4) is 0 Å². The molecule has 1 heterocycles. The van der Waals surface area contributed by atoms with E-state index in [1.165, 1.54) is 0 Å². The summed E-state index contributed by atoms with van der Waals surface area (Å²) in [5.74, 6) is 1.09. The summed E-state index contributed by atoms with van der Waals surface area (Å²) >= 11 is 0. The third-order valence-electron chi connectivity index (χ3n) is 3.59. The molecule has 1 aliphatic carbocycles. The van der Waals surface area contributed by atoms with E-state index in [1.807, 2.05) is 6.20 Å². The lowest BCUT2D eigenvalue weighted by atomic mass is 9.74. The fraction of sp³-hybridized carbons (Fsp3) is 0.714. The number of rotatable bonds is 3.